The Morgan fingerprint density at radius 3 is 2.54 bits per heavy atom. The van der Waals surface area contributed by atoms with E-state index in [4.69, 9.17) is 0 Å². The van der Waals surface area contributed by atoms with E-state index < -0.39 is 13.0 Å². The Bertz CT molecular complexity index is 514. The minimum atomic E-state index is -2.41. The number of rotatable bonds is 6. The van der Waals surface area contributed by atoms with E-state index in [-0.39, 0.29) is 6.04 Å². The molecule has 0 bridgehead atoms. The molecule has 0 unspecified atom stereocenters. The molecule has 7 heteroatoms. The third kappa shape index (κ3) is 6.73. The molecule has 0 spiro atoms. The van der Waals surface area contributed by atoms with Gasteiger partial charge in [-0.05, 0) is 37.5 Å². The molecular formula is C17H25BrF2N4. The zero-order chi connectivity index (χ0) is 17.4. The molecule has 1 heterocycles. The van der Waals surface area contributed by atoms with E-state index in [1.54, 1.807) is 0 Å². The fraction of sp³-hybridized carbons (Fsp3) is 0.588. The lowest BCUT2D eigenvalue weighted by atomic mass is 10.0. The van der Waals surface area contributed by atoms with Gasteiger partial charge in [0.25, 0.3) is 6.43 Å². The molecule has 2 rings (SSSR count). The summed E-state index contributed by atoms with van der Waals surface area (Å²) in [5.74, 6) is 0.490. The van der Waals surface area contributed by atoms with E-state index in [0.29, 0.717) is 12.5 Å². The maximum absolute atomic E-state index is 12.3. The molecule has 1 aliphatic heterocycles. The van der Waals surface area contributed by atoms with Crippen molar-refractivity contribution in [2.75, 3.05) is 26.2 Å². The van der Waals surface area contributed by atoms with Crippen LogP contribution in [0, 0.1) is 0 Å². The van der Waals surface area contributed by atoms with Gasteiger partial charge in [0, 0.05) is 36.7 Å². The Morgan fingerprint density at radius 1 is 1.29 bits per heavy atom. The second-order valence-electron chi connectivity index (χ2n) is 5.93. The lowest BCUT2D eigenvalue weighted by Crippen LogP contribution is -2.48. The minimum absolute atomic E-state index is 0.279. The number of nitrogens with zero attached hydrogens (tertiary/aromatic N) is 2. The van der Waals surface area contributed by atoms with Crippen LogP contribution in [0.3, 0.4) is 0 Å². The quantitative estimate of drug-likeness (QED) is 0.566. The first-order chi connectivity index (χ1) is 11.6. The maximum Gasteiger partial charge on any atom is 0.257 e. The van der Waals surface area contributed by atoms with Crippen LogP contribution in [0.5, 0.6) is 0 Å². The number of halogens is 3. The summed E-state index contributed by atoms with van der Waals surface area (Å²) in [6.07, 6.45) is -0.446. The fourth-order valence-corrected chi connectivity index (χ4v) is 3.02. The summed E-state index contributed by atoms with van der Waals surface area (Å²) in [5, 5.41) is 6.31. The Morgan fingerprint density at radius 2 is 1.96 bits per heavy atom. The number of benzene rings is 1. The molecule has 1 aromatic rings. The number of nitrogens with one attached hydrogen (secondary N) is 2. The third-order valence-corrected chi connectivity index (χ3v) is 4.51. The van der Waals surface area contributed by atoms with E-state index >= 15 is 0 Å². The van der Waals surface area contributed by atoms with Crippen molar-refractivity contribution in [2.24, 2.45) is 4.99 Å². The van der Waals surface area contributed by atoms with Crippen LogP contribution < -0.4 is 10.6 Å². The molecule has 0 saturated carbocycles. The molecule has 0 atom stereocenters. The highest BCUT2D eigenvalue weighted by Crippen LogP contribution is 2.16. The average Bonchev–Trinajstić information content (AvgIpc) is 2.56. The first kappa shape index (κ1) is 19.1. The summed E-state index contributed by atoms with van der Waals surface area (Å²) in [5.41, 5.74) is 1.30. The van der Waals surface area contributed by atoms with E-state index in [1.165, 1.54) is 5.56 Å². The zero-order valence-electron chi connectivity index (χ0n) is 13.9. The van der Waals surface area contributed by atoms with Crippen molar-refractivity contribution < 1.29 is 8.78 Å². The summed E-state index contributed by atoms with van der Waals surface area (Å²) in [4.78, 5) is 6.35. The van der Waals surface area contributed by atoms with Crippen molar-refractivity contribution in [3.63, 3.8) is 0 Å². The van der Waals surface area contributed by atoms with Crippen molar-refractivity contribution in [3.8, 4) is 0 Å². The van der Waals surface area contributed by atoms with Crippen molar-refractivity contribution >= 4 is 21.9 Å². The van der Waals surface area contributed by atoms with Crippen molar-refractivity contribution in [3.05, 3.63) is 34.3 Å². The highest BCUT2D eigenvalue weighted by atomic mass is 79.9. The van der Waals surface area contributed by atoms with E-state index in [9.17, 15) is 8.78 Å². The molecule has 0 radical (unpaired) electrons. The molecule has 0 aliphatic carbocycles. The van der Waals surface area contributed by atoms with Crippen LogP contribution in [-0.4, -0.2) is 49.5 Å². The SMILES string of the molecule is CCNC(=NCC(F)F)NC1CCN(Cc2ccc(Br)cc2)CC1. The van der Waals surface area contributed by atoms with Crippen LogP contribution in [0.4, 0.5) is 8.78 Å². The van der Waals surface area contributed by atoms with Gasteiger partial charge in [-0.15, -0.1) is 0 Å². The highest BCUT2D eigenvalue weighted by molar-refractivity contribution is 9.10. The van der Waals surface area contributed by atoms with Gasteiger partial charge in [-0.3, -0.25) is 4.90 Å². The molecule has 4 nitrogen and oxygen atoms in total. The molecule has 1 aliphatic rings. The number of alkyl halides is 2. The first-order valence-electron chi connectivity index (χ1n) is 8.36. The lowest BCUT2D eigenvalue weighted by molar-refractivity contribution is 0.158. The van der Waals surface area contributed by atoms with Crippen LogP contribution in [0.15, 0.2) is 33.7 Å². The van der Waals surface area contributed by atoms with Gasteiger partial charge < -0.3 is 10.6 Å². The molecule has 1 aromatic carbocycles. The van der Waals surface area contributed by atoms with Crippen LogP contribution in [-0.2, 0) is 6.54 Å². The Balaban J connectivity index is 1.78. The molecule has 24 heavy (non-hydrogen) atoms. The fourth-order valence-electron chi connectivity index (χ4n) is 2.76. The predicted molar refractivity (Wildman–Crippen MR) is 97.6 cm³/mol. The van der Waals surface area contributed by atoms with Gasteiger partial charge in [-0.1, -0.05) is 28.1 Å². The van der Waals surface area contributed by atoms with Gasteiger partial charge in [0.15, 0.2) is 5.96 Å². The second kappa shape index (κ2) is 9.93. The van der Waals surface area contributed by atoms with Crippen LogP contribution in [0.1, 0.15) is 25.3 Å². The minimum Gasteiger partial charge on any atom is -0.357 e. The zero-order valence-corrected chi connectivity index (χ0v) is 15.5. The number of piperidine rings is 1. The summed E-state index contributed by atoms with van der Waals surface area (Å²) >= 11 is 3.45. The van der Waals surface area contributed by atoms with Gasteiger partial charge >= 0.3 is 0 Å². The molecule has 1 saturated heterocycles. The topological polar surface area (TPSA) is 39.7 Å². The van der Waals surface area contributed by atoms with Crippen LogP contribution >= 0.6 is 15.9 Å². The normalized spacial score (nSPS) is 17.3. The smallest absolute Gasteiger partial charge is 0.257 e. The van der Waals surface area contributed by atoms with Gasteiger partial charge in [0.2, 0.25) is 0 Å². The molecule has 0 aromatic heterocycles. The monoisotopic (exact) mass is 402 g/mol. The molecule has 134 valence electrons. The molecular weight excluding hydrogens is 378 g/mol. The lowest BCUT2D eigenvalue weighted by Gasteiger charge is -2.33. The van der Waals surface area contributed by atoms with E-state index in [2.05, 4.69) is 60.7 Å². The standard InChI is InChI=1S/C17H25BrF2N4/c1-2-21-17(22-11-16(19)20)23-15-7-9-24(10-8-15)12-13-3-5-14(18)6-4-13/h3-6,15-16H,2,7-12H2,1H3,(H2,21,22,23). The number of hydrogen-bond acceptors (Lipinski definition) is 2. The largest absolute Gasteiger partial charge is 0.357 e. The van der Waals surface area contributed by atoms with E-state index in [1.807, 2.05) is 6.92 Å². The number of hydrogen-bond donors (Lipinski definition) is 2. The Labute approximate surface area is 150 Å². The molecule has 2 N–H and O–H groups in total. The first-order valence-corrected chi connectivity index (χ1v) is 9.16. The van der Waals surface area contributed by atoms with Crippen LogP contribution in [0.25, 0.3) is 0 Å². The van der Waals surface area contributed by atoms with E-state index in [0.717, 1.165) is 36.9 Å². The van der Waals surface area contributed by atoms with Gasteiger partial charge in [-0.25, -0.2) is 13.8 Å². The molecule has 0 amide bonds. The summed E-state index contributed by atoms with van der Waals surface area (Å²) in [7, 11) is 0. The van der Waals surface area contributed by atoms with Crippen LogP contribution in [0.2, 0.25) is 0 Å². The van der Waals surface area contributed by atoms with Gasteiger partial charge in [0.1, 0.15) is 6.54 Å². The summed E-state index contributed by atoms with van der Waals surface area (Å²) in [6, 6.07) is 8.67. The summed E-state index contributed by atoms with van der Waals surface area (Å²) in [6.45, 7) is 5.05. The van der Waals surface area contributed by atoms with Gasteiger partial charge in [-0.2, -0.15) is 0 Å². The maximum atomic E-state index is 12.3. The number of guanidine groups is 1. The summed E-state index contributed by atoms with van der Waals surface area (Å²) < 4.78 is 25.7. The second-order valence-corrected chi connectivity index (χ2v) is 6.85. The highest BCUT2D eigenvalue weighted by Gasteiger charge is 2.20. The Hall–Kier alpha value is -1.21. The Kier molecular flexibility index (Phi) is 7.91. The molecule has 1 fully saturated rings. The van der Waals surface area contributed by atoms with Gasteiger partial charge in [0.05, 0.1) is 0 Å². The van der Waals surface area contributed by atoms with Crippen molar-refractivity contribution in [1.29, 1.82) is 0 Å². The predicted octanol–water partition coefficient (Wildman–Crippen LogP) is 3.23. The average molecular weight is 403 g/mol. The third-order valence-electron chi connectivity index (χ3n) is 3.98. The number of likely N-dealkylation sites (tertiary alicyclic amines) is 1. The van der Waals surface area contributed by atoms with Crippen molar-refractivity contribution in [2.45, 2.75) is 38.8 Å². The number of aliphatic imine (C=N–C) groups is 1. The van der Waals surface area contributed by atoms with Crippen molar-refractivity contribution in [1.82, 2.24) is 15.5 Å².